The maximum absolute atomic E-state index is 12.9. The van der Waals surface area contributed by atoms with E-state index in [2.05, 4.69) is 0 Å². The highest BCUT2D eigenvalue weighted by Crippen LogP contribution is 2.42. The molecule has 0 saturated carbocycles. The molecule has 2 N–H and O–H groups in total. The van der Waals surface area contributed by atoms with Crippen LogP contribution in [-0.4, -0.2) is 22.7 Å². The quantitative estimate of drug-likeness (QED) is 0.659. The summed E-state index contributed by atoms with van der Waals surface area (Å²) in [5.41, 5.74) is 3.04. The van der Waals surface area contributed by atoms with Gasteiger partial charge in [0.2, 0.25) is 5.91 Å². The Hall–Kier alpha value is -3.18. The Morgan fingerprint density at radius 1 is 0.778 bits per heavy atom. The minimum absolute atomic E-state index is 0.0504. The average molecular weight is 381 g/mol. The van der Waals surface area contributed by atoms with Gasteiger partial charge in [0.1, 0.15) is 11.5 Å². The summed E-state index contributed by atoms with van der Waals surface area (Å²) in [6, 6.07) is 18.8. The molecule has 0 aliphatic carbocycles. The molecule has 1 aliphatic heterocycles. The molecule has 1 amide bonds. The highest BCUT2D eigenvalue weighted by molar-refractivity contribution is 6.31. The molecule has 5 nitrogen and oxygen atoms in total. The Morgan fingerprint density at radius 2 is 1.37 bits per heavy atom. The van der Waals surface area contributed by atoms with Gasteiger partial charge in [0.05, 0.1) is 11.4 Å². The van der Waals surface area contributed by atoms with E-state index in [1.807, 2.05) is 17.0 Å². The molecule has 136 valence electrons. The number of aromatic hydroxyl groups is 2. The fraction of sp³-hybridized carbons (Fsp3) is 0.0952. The van der Waals surface area contributed by atoms with Crippen molar-refractivity contribution in [3.05, 3.63) is 71.8 Å². The number of carbonyl (C=O) groups excluding carboxylic acids is 1. The predicted molar refractivity (Wildman–Crippen MR) is 106 cm³/mol. The van der Waals surface area contributed by atoms with Crippen molar-refractivity contribution in [2.24, 2.45) is 0 Å². The van der Waals surface area contributed by atoms with Crippen LogP contribution in [-0.2, 0) is 4.79 Å². The van der Waals surface area contributed by atoms with E-state index in [9.17, 15) is 15.0 Å². The summed E-state index contributed by atoms with van der Waals surface area (Å²) >= 11 is 6.26. The lowest BCUT2D eigenvalue weighted by Gasteiger charge is -2.27. The first-order valence-electron chi connectivity index (χ1n) is 8.51. The van der Waals surface area contributed by atoms with Gasteiger partial charge in [0, 0.05) is 29.4 Å². The smallest absolute Gasteiger partial charge is 0.233 e. The van der Waals surface area contributed by atoms with Crippen LogP contribution in [0.5, 0.6) is 11.5 Å². The van der Waals surface area contributed by atoms with E-state index in [1.54, 1.807) is 59.5 Å². The summed E-state index contributed by atoms with van der Waals surface area (Å²) in [7, 11) is 0. The third-order valence-corrected chi connectivity index (χ3v) is 4.77. The van der Waals surface area contributed by atoms with E-state index < -0.39 is 0 Å². The van der Waals surface area contributed by atoms with Gasteiger partial charge in [-0.3, -0.25) is 9.69 Å². The van der Waals surface area contributed by atoms with E-state index in [1.165, 1.54) is 0 Å². The van der Waals surface area contributed by atoms with E-state index in [-0.39, 0.29) is 17.4 Å². The first-order chi connectivity index (χ1) is 13.0. The summed E-state index contributed by atoms with van der Waals surface area (Å²) in [6.45, 7) is 0.478. The Morgan fingerprint density at radius 3 is 2.00 bits per heavy atom. The van der Waals surface area contributed by atoms with Crippen LogP contribution >= 0.6 is 11.6 Å². The van der Waals surface area contributed by atoms with Crippen LogP contribution in [0.15, 0.2) is 66.7 Å². The third-order valence-electron chi connectivity index (χ3n) is 4.54. The van der Waals surface area contributed by atoms with Crippen LogP contribution in [0.4, 0.5) is 22.7 Å². The molecule has 3 aromatic carbocycles. The topological polar surface area (TPSA) is 64.0 Å². The first-order valence-corrected chi connectivity index (χ1v) is 8.89. The van der Waals surface area contributed by atoms with Crippen molar-refractivity contribution in [3.63, 3.8) is 0 Å². The standard InChI is InChI=1S/C21H17ClN2O3/c22-14-1-10-19-20(13-14)23(15-2-6-17(25)7-3-15)12-11-21(27)24(19)16-4-8-18(26)9-5-16/h1-10,13,25-26H,11-12H2. The number of rotatable bonds is 2. The predicted octanol–water partition coefficient (Wildman–Crippen LogP) is 4.96. The van der Waals surface area contributed by atoms with Crippen LogP contribution < -0.4 is 9.80 Å². The number of halogens is 1. The Balaban J connectivity index is 1.87. The number of hydrogen-bond donors (Lipinski definition) is 2. The van der Waals surface area contributed by atoms with Gasteiger partial charge in [0.15, 0.2) is 0 Å². The molecule has 0 radical (unpaired) electrons. The number of benzene rings is 3. The highest BCUT2D eigenvalue weighted by Gasteiger charge is 2.28. The third kappa shape index (κ3) is 3.29. The maximum Gasteiger partial charge on any atom is 0.233 e. The maximum atomic E-state index is 12.9. The zero-order chi connectivity index (χ0) is 19.0. The van der Waals surface area contributed by atoms with E-state index >= 15 is 0 Å². The zero-order valence-electron chi connectivity index (χ0n) is 14.3. The molecule has 0 unspecified atom stereocenters. The van der Waals surface area contributed by atoms with Crippen molar-refractivity contribution in [2.75, 3.05) is 16.3 Å². The van der Waals surface area contributed by atoms with Crippen molar-refractivity contribution >= 4 is 40.3 Å². The molecular weight excluding hydrogens is 364 g/mol. The summed E-state index contributed by atoms with van der Waals surface area (Å²) < 4.78 is 0. The molecule has 0 spiro atoms. The Labute approximate surface area is 161 Å². The normalized spacial score (nSPS) is 14.0. The zero-order valence-corrected chi connectivity index (χ0v) is 15.1. The second-order valence-electron chi connectivity index (χ2n) is 6.30. The van der Waals surface area contributed by atoms with Crippen LogP contribution in [0.3, 0.4) is 0 Å². The number of phenolic OH excluding ortho intramolecular Hbond substituents is 2. The summed E-state index contributed by atoms with van der Waals surface area (Å²) in [4.78, 5) is 16.6. The monoisotopic (exact) mass is 380 g/mol. The number of hydrogen-bond acceptors (Lipinski definition) is 4. The van der Waals surface area contributed by atoms with Crippen LogP contribution in [0.2, 0.25) is 5.02 Å². The largest absolute Gasteiger partial charge is 0.508 e. The Bertz CT molecular complexity index is 987. The molecule has 0 saturated heterocycles. The SMILES string of the molecule is O=C1CCN(c2ccc(O)cc2)c2cc(Cl)ccc2N1c1ccc(O)cc1. The van der Waals surface area contributed by atoms with Gasteiger partial charge in [0.25, 0.3) is 0 Å². The lowest BCUT2D eigenvalue weighted by Crippen LogP contribution is -2.25. The lowest BCUT2D eigenvalue weighted by atomic mass is 10.2. The van der Waals surface area contributed by atoms with Crippen molar-refractivity contribution in [2.45, 2.75) is 6.42 Å². The summed E-state index contributed by atoms with van der Waals surface area (Å²) in [5.74, 6) is 0.273. The summed E-state index contributed by atoms with van der Waals surface area (Å²) in [5, 5.41) is 19.7. The molecule has 0 aromatic heterocycles. The molecule has 1 heterocycles. The summed E-state index contributed by atoms with van der Waals surface area (Å²) in [6.07, 6.45) is 0.300. The van der Waals surface area contributed by atoms with Crippen molar-refractivity contribution in [1.29, 1.82) is 0 Å². The van der Waals surface area contributed by atoms with Gasteiger partial charge in [-0.1, -0.05) is 11.6 Å². The average Bonchev–Trinajstić information content (AvgIpc) is 2.80. The van der Waals surface area contributed by atoms with Gasteiger partial charge < -0.3 is 15.1 Å². The number of nitrogens with zero attached hydrogens (tertiary/aromatic N) is 2. The molecule has 27 heavy (non-hydrogen) atoms. The van der Waals surface area contributed by atoms with Crippen molar-refractivity contribution in [3.8, 4) is 11.5 Å². The number of phenols is 2. The number of amides is 1. The first kappa shape index (κ1) is 17.2. The van der Waals surface area contributed by atoms with Gasteiger partial charge in [-0.25, -0.2) is 0 Å². The van der Waals surface area contributed by atoms with Crippen LogP contribution in [0.1, 0.15) is 6.42 Å². The molecule has 1 aliphatic rings. The highest BCUT2D eigenvalue weighted by atomic mass is 35.5. The molecule has 3 aromatic rings. The van der Waals surface area contributed by atoms with Gasteiger partial charge >= 0.3 is 0 Å². The van der Waals surface area contributed by atoms with E-state index in [4.69, 9.17) is 11.6 Å². The van der Waals surface area contributed by atoms with Gasteiger partial charge in [-0.05, 0) is 66.7 Å². The molecule has 0 atom stereocenters. The number of anilines is 4. The second-order valence-corrected chi connectivity index (χ2v) is 6.73. The van der Waals surface area contributed by atoms with Crippen LogP contribution in [0.25, 0.3) is 0 Å². The van der Waals surface area contributed by atoms with Gasteiger partial charge in [-0.2, -0.15) is 0 Å². The Kier molecular flexibility index (Phi) is 4.38. The van der Waals surface area contributed by atoms with E-state index in [0.717, 1.165) is 11.4 Å². The molecular formula is C21H17ClN2O3. The molecule has 6 heteroatoms. The van der Waals surface area contributed by atoms with E-state index in [0.29, 0.717) is 29.4 Å². The fourth-order valence-corrected chi connectivity index (χ4v) is 3.43. The van der Waals surface area contributed by atoms with Crippen molar-refractivity contribution < 1.29 is 15.0 Å². The second kappa shape index (κ2) is 6.85. The number of fused-ring (bicyclic) bond motifs is 1. The minimum atomic E-state index is -0.0504. The molecule has 0 fully saturated rings. The lowest BCUT2D eigenvalue weighted by molar-refractivity contribution is -0.117. The number of carbonyl (C=O) groups is 1. The van der Waals surface area contributed by atoms with Crippen molar-refractivity contribution in [1.82, 2.24) is 0 Å². The van der Waals surface area contributed by atoms with Crippen LogP contribution in [0, 0.1) is 0 Å². The van der Waals surface area contributed by atoms with Gasteiger partial charge in [-0.15, -0.1) is 0 Å². The molecule has 4 rings (SSSR count). The minimum Gasteiger partial charge on any atom is -0.508 e. The fourth-order valence-electron chi connectivity index (χ4n) is 3.26. The molecule has 0 bridgehead atoms.